The predicted octanol–water partition coefficient (Wildman–Crippen LogP) is 2.50. The van der Waals surface area contributed by atoms with Gasteiger partial charge in [-0.05, 0) is 31.0 Å². The molecule has 2 nitrogen and oxygen atoms in total. The van der Waals surface area contributed by atoms with Crippen LogP contribution in [0.4, 0.5) is 4.39 Å². The molecule has 1 aromatic carbocycles. The number of hydrogen-bond donors (Lipinski definition) is 1. The van der Waals surface area contributed by atoms with Crippen molar-refractivity contribution in [2.75, 3.05) is 5.88 Å². The molecule has 0 aromatic heterocycles. The molecule has 1 rings (SSSR count). The second-order valence-electron chi connectivity index (χ2n) is 3.75. The molecular weight excluding hydrogens is 229 g/mol. The molecule has 0 fully saturated rings. The van der Waals surface area contributed by atoms with Gasteiger partial charge < -0.3 is 5.32 Å². The average Bonchev–Trinajstić information content (AvgIpc) is 2.17. The van der Waals surface area contributed by atoms with Crippen molar-refractivity contribution in [3.05, 3.63) is 35.6 Å². The van der Waals surface area contributed by atoms with E-state index in [1.807, 2.05) is 6.92 Å². The first-order chi connectivity index (χ1) is 7.61. The molecule has 0 saturated heterocycles. The molecule has 0 heterocycles. The van der Waals surface area contributed by atoms with E-state index in [2.05, 4.69) is 5.32 Å². The number of amides is 1. The lowest BCUT2D eigenvalue weighted by atomic mass is 10.1. The second-order valence-corrected chi connectivity index (χ2v) is 4.13. The third-order valence-corrected chi connectivity index (χ3v) is 2.42. The molecule has 1 amide bonds. The molecule has 1 unspecified atom stereocenters. The highest BCUT2D eigenvalue weighted by Crippen LogP contribution is 2.04. The first kappa shape index (κ1) is 13.0. The lowest BCUT2D eigenvalue weighted by Crippen LogP contribution is -2.33. The molecule has 0 aliphatic heterocycles. The summed E-state index contributed by atoms with van der Waals surface area (Å²) in [5.41, 5.74) is 0.676. The van der Waals surface area contributed by atoms with Crippen LogP contribution in [0.5, 0.6) is 0 Å². The van der Waals surface area contributed by atoms with Crippen LogP contribution >= 0.6 is 11.6 Å². The van der Waals surface area contributed by atoms with Crippen LogP contribution in [0.15, 0.2) is 24.3 Å². The van der Waals surface area contributed by atoms with E-state index in [1.165, 1.54) is 12.1 Å². The molecule has 0 bridgehead atoms. The van der Waals surface area contributed by atoms with Gasteiger partial charge >= 0.3 is 0 Å². The molecule has 0 aliphatic carbocycles. The van der Waals surface area contributed by atoms with E-state index in [9.17, 15) is 9.18 Å². The van der Waals surface area contributed by atoms with Gasteiger partial charge in [-0.2, -0.15) is 0 Å². The highest BCUT2D eigenvalue weighted by molar-refractivity contribution is 6.17. The van der Waals surface area contributed by atoms with Crippen LogP contribution < -0.4 is 5.32 Å². The second kappa shape index (κ2) is 6.48. The summed E-state index contributed by atoms with van der Waals surface area (Å²) in [5.74, 6) is 0.0869. The van der Waals surface area contributed by atoms with Gasteiger partial charge in [0.05, 0.1) is 6.42 Å². The van der Waals surface area contributed by atoms with Gasteiger partial charge in [-0.1, -0.05) is 12.1 Å². The van der Waals surface area contributed by atoms with Crippen molar-refractivity contribution >= 4 is 17.5 Å². The summed E-state index contributed by atoms with van der Waals surface area (Å²) in [6.45, 7) is 1.89. The zero-order valence-electron chi connectivity index (χ0n) is 9.17. The van der Waals surface area contributed by atoms with Gasteiger partial charge in [0.25, 0.3) is 0 Å². The Morgan fingerprint density at radius 1 is 1.56 bits per heavy atom. The average molecular weight is 244 g/mol. The van der Waals surface area contributed by atoms with Crippen molar-refractivity contribution < 1.29 is 9.18 Å². The molecule has 88 valence electrons. The van der Waals surface area contributed by atoms with Gasteiger partial charge in [-0.3, -0.25) is 4.79 Å². The molecule has 4 heteroatoms. The van der Waals surface area contributed by atoms with Gasteiger partial charge in [0.2, 0.25) is 5.91 Å². The van der Waals surface area contributed by atoms with E-state index >= 15 is 0 Å². The smallest absolute Gasteiger partial charge is 0.224 e. The minimum atomic E-state index is -0.320. The van der Waals surface area contributed by atoms with Gasteiger partial charge in [-0.15, -0.1) is 11.6 Å². The van der Waals surface area contributed by atoms with E-state index in [4.69, 9.17) is 11.6 Å². The zero-order valence-corrected chi connectivity index (χ0v) is 9.93. The molecule has 1 atom stereocenters. The Hall–Kier alpha value is -1.09. The van der Waals surface area contributed by atoms with Crippen LogP contribution in [0.2, 0.25) is 0 Å². The van der Waals surface area contributed by atoms with Crippen LogP contribution in [-0.2, 0) is 11.2 Å². The number of hydrogen-bond acceptors (Lipinski definition) is 1. The summed E-state index contributed by atoms with van der Waals surface area (Å²) >= 11 is 5.56. The fraction of sp³-hybridized carbons (Fsp3) is 0.417. The topological polar surface area (TPSA) is 29.1 Å². The zero-order chi connectivity index (χ0) is 12.0. The fourth-order valence-corrected chi connectivity index (χ4v) is 1.72. The van der Waals surface area contributed by atoms with Gasteiger partial charge in [-0.25, -0.2) is 4.39 Å². The van der Waals surface area contributed by atoms with Gasteiger partial charge in [0.15, 0.2) is 0 Å². The van der Waals surface area contributed by atoms with Gasteiger partial charge in [0, 0.05) is 11.9 Å². The third kappa shape index (κ3) is 4.62. The fourth-order valence-electron chi connectivity index (χ4n) is 1.39. The largest absolute Gasteiger partial charge is 0.353 e. The van der Waals surface area contributed by atoms with E-state index in [0.717, 1.165) is 6.42 Å². The number of halogens is 2. The monoisotopic (exact) mass is 243 g/mol. The third-order valence-electron chi connectivity index (χ3n) is 2.20. The predicted molar refractivity (Wildman–Crippen MR) is 63.0 cm³/mol. The number of nitrogens with one attached hydrogen (secondary N) is 1. The Morgan fingerprint density at radius 2 is 2.31 bits per heavy atom. The maximum Gasteiger partial charge on any atom is 0.224 e. The van der Waals surface area contributed by atoms with Crippen molar-refractivity contribution in [1.82, 2.24) is 5.32 Å². The lowest BCUT2D eigenvalue weighted by molar-refractivity contribution is -0.121. The molecule has 1 aromatic rings. The van der Waals surface area contributed by atoms with Crippen molar-refractivity contribution in [3.63, 3.8) is 0 Å². The minimum absolute atomic E-state index is 0.0542. The maximum absolute atomic E-state index is 12.9. The molecular formula is C12H15ClFNO. The van der Waals surface area contributed by atoms with Crippen molar-refractivity contribution in [3.8, 4) is 0 Å². The molecule has 0 aliphatic rings. The molecule has 16 heavy (non-hydrogen) atoms. The summed E-state index contributed by atoms with van der Waals surface area (Å²) in [6.07, 6.45) is 0.931. The van der Waals surface area contributed by atoms with E-state index in [0.29, 0.717) is 11.4 Å². The Bertz CT molecular complexity index is 357. The quantitative estimate of drug-likeness (QED) is 0.791. The molecule has 0 spiro atoms. The highest BCUT2D eigenvalue weighted by Gasteiger charge is 2.07. The summed E-state index contributed by atoms with van der Waals surface area (Å²) in [5, 5.41) is 2.80. The van der Waals surface area contributed by atoms with Crippen molar-refractivity contribution in [1.29, 1.82) is 0 Å². The normalized spacial score (nSPS) is 12.2. The van der Waals surface area contributed by atoms with Crippen LogP contribution in [-0.4, -0.2) is 17.8 Å². The first-order valence-corrected chi connectivity index (χ1v) is 5.75. The van der Waals surface area contributed by atoms with E-state index < -0.39 is 0 Å². The highest BCUT2D eigenvalue weighted by atomic mass is 35.5. The van der Waals surface area contributed by atoms with Crippen LogP contribution in [0.25, 0.3) is 0 Å². The summed E-state index contributed by atoms with van der Waals surface area (Å²) in [4.78, 5) is 11.5. The number of carbonyl (C=O) groups is 1. The standard InChI is InChI=1S/C12H15ClFNO/c1-9(5-6-13)15-12(16)8-10-3-2-4-11(14)7-10/h2-4,7,9H,5-6,8H2,1H3,(H,15,16). The van der Waals surface area contributed by atoms with Gasteiger partial charge in [0.1, 0.15) is 5.82 Å². The summed E-state index contributed by atoms with van der Waals surface area (Å²) in [6, 6.07) is 6.11. The molecule has 0 saturated carbocycles. The van der Waals surface area contributed by atoms with Crippen LogP contribution in [0.1, 0.15) is 18.9 Å². The summed E-state index contributed by atoms with van der Waals surface area (Å²) < 4.78 is 12.9. The Balaban J connectivity index is 2.45. The Morgan fingerprint density at radius 3 is 2.94 bits per heavy atom. The van der Waals surface area contributed by atoms with Crippen molar-refractivity contribution in [2.45, 2.75) is 25.8 Å². The van der Waals surface area contributed by atoms with Crippen LogP contribution in [0.3, 0.4) is 0 Å². The lowest BCUT2D eigenvalue weighted by Gasteiger charge is -2.12. The van der Waals surface area contributed by atoms with Crippen molar-refractivity contribution in [2.24, 2.45) is 0 Å². The maximum atomic E-state index is 12.9. The summed E-state index contributed by atoms with van der Waals surface area (Å²) in [7, 11) is 0. The van der Waals surface area contributed by atoms with E-state index in [1.54, 1.807) is 12.1 Å². The number of alkyl halides is 1. The minimum Gasteiger partial charge on any atom is -0.353 e. The van der Waals surface area contributed by atoms with E-state index in [-0.39, 0.29) is 24.2 Å². The Labute approximate surface area is 99.8 Å². The number of rotatable bonds is 5. The first-order valence-electron chi connectivity index (χ1n) is 5.21. The number of carbonyl (C=O) groups excluding carboxylic acids is 1. The molecule has 0 radical (unpaired) electrons. The number of benzene rings is 1. The Kier molecular flexibility index (Phi) is 5.26. The van der Waals surface area contributed by atoms with Crippen LogP contribution in [0, 0.1) is 5.82 Å². The molecule has 1 N–H and O–H groups in total. The SMILES string of the molecule is CC(CCCl)NC(=O)Cc1cccc(F)c1.